The zero-order valence-corrected chi connectivity index (χ0v) is 10.5. The predicted molar refractivity (Wildman–Crippen MR) is 72.3 cm³/mol. The minimum Gasteiger partial charge on any atom is -0.478 e. The summed E-state index contributed by atoms with van der Waals surface area (Å²) in [6.07, 6.45) is 1.17. The summed E-state index contributed by atoms with van der Waals surface area (Å²) < 4.78 is 0. The predicted octanol–water partition coefficient (Wildman–Crippen LogP) is 2.74. The van der Waals surface area contributed by atoms with Crippen molar-refractivity contribution in [1.82, 2.24) is 4.98 Å². The number of nitrogens with one attached hydrogen (secondary N) is 1. The van der Waals surface area contributed by atoms with Gasteiger partial charge in [0, 0.05) is 11.8 Å². The van der Waals surface area contributed by atoms with Crippen LogP contribution in [0.1, 0.15) is 15.9 Å². The van der Waals surface area contributed by atoms with Gasteiger partial charge in [-0.1, -0.05) is 0 Å². The molecule has 1 aromatic heterocycles. The number of pyridine rings is 1. The molecule has 2 aromatic rings. The average molecular weight is 273 g/mol. The molecule has 0 aliphatic rings. The lowest BCUT2D eigenvalue weighted by Crippen LogP contribution is -2.00. The van der Waals surface area contributed by atoms with Gasteiger partial charge in [0.2, 0.25) is 0 Å². The Labute approximate surface area is 114 Å². The summed E-state index contributed by atoms with van der Waals surface area (Å²) in [5, 5.41) is 22.4. The largest absolute Gasteiger partial charge is 0.478 e. The number of anilines is 2. The van der Waals surface area contributed by atoms with E-state index >= 15 is 0 Å². The maximum atomic E-state index is 10.7. The molecule has 2 rings (SSSR count). The molecule has 2 N–H and O–H groups in total. The first-order valence-corrected chi connectivity index (χ1v) is 5.69. The van der Waals surface area contributed by atoms with Crippen molar-refractivity contribution in [2.75, 3.05) is 5.32 Å². The molecule has 0 bridgehead atoms. The minimum absolute atomic E-state index is 0.0747. The Morgan fingerprint density at radius 1 is 1.35 bits per heavy atom. The van der Waals surface area contributed by atoms with Crippen LogP contribution in [-0.4, -0.2) is 21.0 Å². The van der Waals surface area contributed by atoms with Crippen LogP contribution in [0, 0.1) is 17.0 Å². The van der Waals surface area contributed by atoms with Crippen LogP contribution in [0.15, 0.2) is 36.5 Å². The van der Waals surface area contributed by atoms with Crippen LogP contribution in [0.25, 0.3) is 0 Å². The molecule has 1 heterocycles. The smallest absolute Gasteiger partial charge is 0.335 e. The van der Waals surface area contributed by atoms with Crippen molar-refractivity contribution in [3.05, 3.63) is 57.8 Å². The van der Waals surface area contributed by atoms with E-state index in [1.54, 1.807) is 19.1 Å². The number of aromatic carboxylic acids is 1. The molecule has 0 spiro atoms. The summed E-state index contributed by atoms with van der Waals surface area (Å²) in [6.45, 7) is 1.70. The van der Waals surface area contributed by atoms with Gasteiger partial charge in [0.05, 0.1) is 10.5 Å². The van der Waals surface area contributed by atoms with Gasteiger partial charge in [-0.3, -0.25) is 10.1 Å². The third-order valence-corrected chi connectivity index (χ3v) is 2.67. The maximum absolute atomic E-state index is 10.7. The molecule has 0 saturated heterocycles. The van der Waals surface area contributed by atoms with Crippen molar-refractivity contribution in [1.29, 1.82) is 0 Å². The molecule has 1 aromatic carbocycles. The summed E-state index contributed by atoms with van der Waals surface area (Å²) in [4.78, 5) is 24.8. The number of nitro groups is 1. The number of carbonyl (C=O) groups is 1. The Morgan fingerprint density at radius 2 is 2.00 bits per heavy atom. The Morgan fingerprint density at radius 3 is 2.50 bits per heavy atom. The molecule has 0 fully saturated rings. The van der Waals surface area contributed by atoms with Gasteiger partial charge < -0.3 is 10.4 Å². The second-order valence-electron chi connectivity index (χ2n) is 4.12. The summed E-state index contributed by atoms with van der Waals surface area (Å²) in [5.74, 6) is -0.514. The monoisotopic (exact) mass is 273 g/mol. The average Bonchev–Trinajstić information content (AvgIpc) is 2.41. The van der Waals surface area contributed by atoms with Gasteiger partial charge in [0.1, 0.15) is 12.0 Å². The third-order valence-electron chi connectivity index (χ3n) is 2.67. The SMILES string of the molecule is Cc1cc([N+](=O)[O-])cnc1Nc1ccc(C(=O)O)cc1. The first kappa shape index (κ1) is 13.5. The van der Waals surface area contributed by atoms with Gasteiger partial charge in [0.25, 0.3) is 5.69 Å². The van der Waals surface area contributed by atoms with E-state index in [0.29, 0.717) is 17.1 Å². The molecular weight excluding hydrogens is 262 g/mol. The lowest BCUT2D eigenvalue weighted by Gasteiger charge is -2.08. The van der Waals surface area contributed by atoms with E-state index < -0.39 is 10.9 Å². The van der Waals surface area contributed by atoms with Gasteiger partial charge >= 0.3 is 5.97 Å². The van der Waals surface area contributed by atoms with Gasteiger partial charge in [-0.2, -0.15) is 0 Å². The topological polar surface area (TPSA) is 105 Å². The molecular formula is C13H11N3O4. The molecule has 0 atom stereocenters. The summed E-state index contributed by atoms with van der Waals surface area (Å²) in [5.41, 5.74) is 1.39. The number of carboxylic acid groups (broad SMARTS) is 1. The van der Waals surface area contributed by atoms with E-state index in [4.69, 9.17) is 5.11 Å². The second kappa shape index (κ2) is 5.35. The summed E-state index contributed by atoms with van der Waals surface area (Å²) in [7, 11) is 0. The Kier molecular flexibility index (Phi) is 3.60. The first-order valence-electron chi connectivity index (χ1n) is 5.69. The Bertz CT molecular complexity index is 668. The highest BCUT2D eigenvalue weighted by Gasteiger charge is 2.10. The number of carboxylic acids is 1. The van der Waals surface area contributed by atoms with E-state index in [2.05, 4.69) is 10.3 Å². The highest BCUT2D eigenvalue weighted by Crippen LogP contribution is 2.22. The summed E-state index contributed by atoms with van der Waals surface area (Å²) >= 11 is 0. The van der Waals surface area contributed by atoms with Crippen LogP contribution in [0.4, 0.5) is 17.2 Å². The number of hydrogen-bond acceptors (Lipinski definition) is 5. The fourth-order valence-electron chi connectivity index (χ4n) is 1.62. The molecule has 7 nitrogen and oxygen atoms in total. The molecule has 20 heavy (non-hydrogen) atoms. The van der Waals surface area contributed by atoms with Gasteiger partial charge in [-0.25, -0.2) is 9.78 Å². The normalized spacial score (nSPS) is 10.1. The van der Waals surface area contributed by atoms with E-state index in [0.717, 1.165) is 0 Å². The number of aryl methyl sites for hydroxylation is 1. The number of hydrogen-bond donors (Lipinski definition) is 2. The second-order valence-corrected chi connectivity index (χ2v) is 4.12. The van der Waals surface area contributed by atoms with Crippen molar-refractivity contribution in [3.63, 3.8) is 0 Å². The van der Waals surface area contributed by atoms with Crippen LogP contribution in [0.5, 0.6) is 0 Å². The standard InChI is InChI=1S/C13H11N3O4/c1-8-6-11(16(19)20)7-14-12(8)15-10-4-2-9(3-5-10)13(17)18/h2-7H,1H3,(H,14,15)(H,17,18). The van der Waals surface area contributed by atoms with E-state index in [1.165, 1.54) is 24.4 Å². The van der Waals surface area contributed by atoms with Crippen molar-refractivity contribution >= 4 is 23.2 Å². The van der Waals surface area contributed by atoms with Crippen molar-refractivity contribution in [2.45, 2.75) is 6.92 Å². The van der Waals surface area contributed by atoms with E-state index in [1.807, 2.05) is 0 Å². The Hall–Kier alpha value is -2.96. The third kappa shape index (κ3) is 2.89. The molecule has 0 amide bonds. The van der Waals surface area contributed by atoms with E-state index in [-0.39, 0.29) is 11.3 Å². The van der Waals surface area contributed by atoms with Crippen molar-refractivity contribution in [2.24, 2.45) is 0 Å². The fourth-order valence-corrected chi connectivity index (χ4v) is 1.62. The molecule has 102 valence electrons. The lowest BCUT2D eigenvalue weighted by molar-refractivity contribution is -0.385. The highest BCUT2D eigenvalue weighted by molar-refractivity contribution is 5.88. The van der Waals surface area contributed by atoms with Gasteiger partial charge in [-0.15, -0.1) is 0 Å². The first-order chi connectivity index (χ1) is 9.47. The molecule has 7 heteroatoms. The maximum Gasteiger partial charge on any atom is 0.335 e. The molecule has 0 aliphatic carbocycles. The van der Waals surface area contributed by atoms with Crippen LogP contribution < -0.4 is 5.32 Å². The number of benzene rings is 1. The zero-order valence-electron chi connectivity index (χ0n) is 10.5. The van der Waals surface area contributed by atoms with Crippen LogP contribution >= 0.6 is 0 Å². The summed E-state index contributed by atoms with van der Waals surface area (Å²) in [6, 6.07) is 7.55. The molecule has 0 radical (unpaired) electrons. The fraction of sp³-hybridized carbons (Fsp3) is 0.0769. The number of nitrogens with zero attached hydrogens (tertiary/aromatic N) is 2. The van der Waals surface area contributed by atoms with Crippen LogP contribution in [-0.2, 0) is 0 Å². The number of rotatable bonds is 4. The molecule has 0 saturated carbocycles. The van der Waals surface area contributed by atoms with E-state index in [9.17, 15) is 14.9 Å². The van der Waals surface area contributed by atoms with Gasteiger partial charge in [-0.05, 0) is 36.8 Å². The van der Waals surface area contributed by atoms with Crippen molar-refractivity contribution in [3.8, 4) is 0 Å². The minimum atomic E-state index is -0.999. The zero-order chi connectivity index (χ0) is 14.7. The lowest BCUT2D eigenvalue weighted by atomic mass is 10.2. The van der Waals surface area contributed by atoms with Gasteiger partial charge in [0.15, 0.2) is 0 Å². The van der Waals surface area contributed by atoms with Crippen molar-refractivity contribution < 1.29 is 14.8 Å². The molecule has 0 aliphatic heterocycles. The highest BCUT2D eigenvalue weighted by atomic mass is 16.6. The van der Waals surface area contributed by atoms with Crippen LogP contribution in [0.2, 0.25) is 0 Å². The molecule has 0 unspecified atom stereocenters. The number of aromatic nitrogens is 1. The quantitative estimate of drug-likeness (QED) is 0.655. The Balaban J connectivity index is 2.21. The van der Waals surface area contributed by atoms with Crippen LogP contribution in [0.3, 0.4) is 0 Å².